The van der Waals surface area contributed by atoms with Crippen LogP contribution in [-0.2, 0) is 4.74 Å². The zero-order valence-electron chi connectivity index (χ0n) is 10.3. The first-order valence-electron chi connectivity index (χ1n) is 6.07. The van der Waals surface area contributed by atoms with Gasteiger partial charge in [-0.3, -0.25) is 4.79 Å². The predicted molar refractivity (Wildman–Crippen MR) is 76.2 cm³/mol. The molecule has 1 aliphatic rings. The summed E-state index contributed by atoms with van der Waals surface area (Å²) in [5, 5.41) is 6.12. The zero-order chi connectivity index (χ0) is 13.1. The average Bonchev–Trinajstić information content (AvgIpc) is 2.94. The molecule has 0 saturated carbocycles. The van der Waals surface area contributed by atoms with Gasteiger partial charge in [0.25, 0.3) is 5.91 Å². The first-order chi connectivity index (χ1) is 9.34. The molecule has 0 saturated heterocycles. The SMILES string of the molecule is O=C(NCC1=c2sccc2=CCO1)c1ccccc1. The van der Waals surface area contributed by atoms with Gasteiger partial charge in [0.05, 0.1) is 11.1 Å². The van der Waals surface area contributed by atoms with Crippen LogP contribution in [0.25, 0.3) is 11.8 Å². The van der Waals surface area contributed by atoms with Crippen LogP contribution >= 0.6 is 11.3 Å². The molecule has 1 aromatic heterocycles. The van der Waals surface area contributed by atoms with Crippen LogP contribution in [-0.4, -0.2) is 19.1 Å². The number of amides is 1. The molecule has 19 heavy (non-hydrogen) atoms. The van der Waals surface area contributed by atoms with E-state index >= 15 is 0 Å². The first-order valence-corrected chi connectivity index (χ1v) is 6.95. The van der Waals surface area contributed by atoms with E-state index in [1.807, 2.05) is 29.7 Å². The molecule has 0 radical (unpaired) electrons. The van der Waals surface area contributed by atoms with Gasteiger partial charge in [0.1, 0.15) is 12.4 Å². The molecule has 0 unspecified atom stereocenters. The number of rotatable bonds is 3. The van der Waals surface area contributed by atoms with Gasteiger partial charge in [0.15, 0.2) is 0 Å². The van der Waals surface area contributed by atoms with E-state index in [4.69, 9.17) is 4.74 Å². The summed E-state index contributed by atoms with van der Waals surface area (Å²) >= 11 is 1.64. The molecule has 1 amide bonds. The van der Waals surface area contributed by atoms with E-state index in [0.717, 1.165) is 10.3 Å². The maximum atomic E-state index is 12.0. The van der Waals surface area contributed by atoms with E-state index in [1.54, 1.807) is 23.5 Å². The van der Waals surface area contributed by atoms with Crippen molar-refractivity contribution in [3.05, 3.63) is 57.1 Å². The van der Waals surface area contributed by atoms with E-state index < -0.39 is 0 Å². The van der Waals surface area contributed by atoms with Crippen molar-refractivity contribution in [2.45, 2.75) is 0 Å². The fourth-order valence-corrected chi connectivity index (χ4v) is 2.89. The predicted octanol–water partition coefficient (Wildman–Crippen LogP) is 1.10. The van der Waals surface area contributed by atoms with Crippen molar-refractivity contribution in [2.24, 2.45) is 0 Å². The molecule has 0 spiro atoms. The van der Waals surface area contributed by atoms with Crippen molar-refractivity contribution in [3.8, 4) is 0 Å². The Hall–Kier alpha value is -2.07. The lowest BCUT2D eigenvalue weighted by molar-refractivity contribution is 0.0954. The quantitative estimate of drug-likeness (QED) is 0.908. The van der Waals surface area contributed by atoms with Gasteiger partial charge < -0.3 is 10.1 Å². The van der Waals surface area contributed by atoms with Crippen molar-refractivity contribution < 1.29 is 9.53 Å². The first kappa shape index (κ1) is 12.0. The van der Waals surface area contributed by atoms with Gasteiger partial charge in [-0.1, -0.05) is 18.2 Å². The van der Waals surface area contributed by atoms with E-state index in [-0.39, 0.29) is 5.91 Å². The fraction of sp³-hybridized carbons (Fsp3) is 0.133. The van der Waals surface area contributed by atoms with E-state index in [0.29, 0.717) is 18.7 Å². The number of hydrogen-bond acceptors (Lipinski definition) is 3. The Balaban J connectivity index is 1.76. The molecule has 2 aromatic rings. The van der Waals surface area contributed by atoms with Crippen molar-refractivity contribution in [3.63, 3.8) is 0 Å². The minimum absolute atomic E-state index is 0.0793. The summed E-state index contributed by atoms with van der Waals surface area (Å²) in [5.74, 6) is 0.765. The number of nitrogens with one attached hydrogen (secondary N) is 1. The highest BCUT2D eigenvalue weighted by Crippen LogP contribution is 2.02. The Kier molecular flexibility index (Phi) is 3.33. The Morgan fingerprint density at radius 1 is 1.26 bits per heavy atom. The molecule has 1 aliphatic heterocycles. The van der Waals surface area contributed by atoms with Crippen LogP contribution in [0.2, 0.25) is 0 Å². The topological polar surface area (TPSA) is 38.3 Å². The Bertz CT molecular complexity index is 703. The second-order valence-electron chi connectivity index (χ2n) is 4.19. The highest BCUT2D eigenvalue weighted by molar-refractivity contribution is 7.07. The normalized spacial score (nSPS) is 13.2. The van der Waals surface area contributed by atoms with Gasteiger partial charge in [-0.15, -0.1) is 11.3 Å². The third-order valence-corrected chi connectivity index (χ3v) is 3.93. The van der Waals surface area contributed by atoms with Crippen LogP contribution < -0.4 is 15.1 Å². The molecule has 2 heterocycles. The molecular weight excluding hydrogens is 258 g/mol. The second kappa shape index (κ2) is 5.28. The fourth-order valence-electron chi connectivity index (χ4n) is 1.99. The van der Waals surface area contributed by atoms with E-state index in [1.165, 1.54) is 5.22 Å². The summed E-state index contributed by atoms with van der Waals surface area (Å²) in [4.78, 5) is 12.0. The number of benzene rings is 1. The molecule has 3 rings (SSSR count). The summed E-state index contributed by atoms with van der Waals surface area (Å²) in [6.07, 6.45) is 2.05. The number of ether oxygens (including phenoxy) is 1. The number of carbonyl (C=O) groups is 1. The van der Waals surface area contributed by atoms with Crippen LogP contribution in [0.15, 0.2) is 41.8 Å². The number of thiophene rings is 1. The second-order valence-corrected chi connectivity index (χ2v) is 5.11. The minimum atomic E-state index is -0.0793. The van der Waals surface area contributed by atoms with Gasteiger partial charge in [-0.2, -0.15) is 0 Å². The Morgan fingerprint density at radius 3 is 2.95 bits per heavy atom. The summed E-state index contributed by atoms with van der Waals surface area (Å²) < 4.78 is 6.72. The Labute approximate surface area is 114 Å². The van der Waals surface area contributed by atoms with E-state index in [2.05, 4.69) is 11.4 Å². The molecule has 0 aliphatic carbocycles. The molecule has 0 bridgehead atoms. The lowest BCUT2D eigenvalue weighted by Gasteiger charge is -2.12. The summed E-state index contributed by atoms with van der Waals surface area (Å²) in [5.41, 5.74) is 0.664. The van der Waals surface area contributed by atoms with Gasteiger partial charge in [0, 0.05) is 5.56 Å². The van der Waals surface area contributed by atoms with Crippen LogP contribution in [0.5, 0.6) is 0 Å². The lowest BCUT2D eigenvalue weighted by Crippen LogP contribution is -2.33. The highest BCUT2D eigenvalue weighted by atomic mass is 32.1. The van der Waals surface area contributed by atoms with Gasteiger partial charge in [-0.25, -0.2) is 0 Å². The number of carbonyl (C=O) groups excluding carboxylic acids is 1. The molecule has 1 N–H and O–H groups in total. The van der Waals surface area contributed by atoms with Gasteiger partial charge in [-0.05, 0) is 34.9 Å². The van der Waals surface area contributed by atoms with Crippen molar-refractivity contribution >= 4 is 29.1 Å². The maximum Gasteiger partial charge on any atom is 0.251 e. The highest BCUT2D eigenvalue weighted by Gasteiger charge is 2.09. The molecule has 0 atom stereocenters. The van der Waals surface area contributed by atoms with Crippen LogP contribution in [0.1, 0.15) is 10.4 Å². The lowest BCUT2D eigenvalue weighted by atomic mass is 10.2. The third kappa shape index (κ3) is 2.53. The Morgan fingerprint density at radius 2 is 2.11 bits per heavy atom. The van der Waals surface area contributed by atoms with Crippen LogP contribution in [0, 0.1) is 0 Å². The number of fused-ring (bicyclic) bond motifs is 1. The summed E-state index contributed by atoms with van der Waals surface area (Å²) in [6, 6.07) is 11.3. The molecule has 1 aromatic carbocycles. The van der Waals surface area contributed by atoms with Crippen molar-refractivity contribution in [1.82, 2.24) is 5.32 Å². The molecule has 3 nitrogen and oxygen atoms in total. The van der Waals surface area contributed by atoms with Crippen LogP contribution in [0.4, 0.5) is 0 Å². The summed E-state index contributed by atoms with van der Waals surface area (Å²) in [6.45, 7) is 0.995. The standard InChI is InChI=1S/C15H13NO2S/c17-15(12-4-2-1-3-5-12)16-10-13-14-11(6-8-18-13)7-9-19-14/h1-7,9H,8,10H2,(H,16,17). The monoisotopic (exact) mass is 271 g/mol. The van der Waals surface area contributed by atoms with E-state index in [9.17, 15) is 4.79 Å². The maximum absolute atomic E-state index is 12.0. The third-order valence-electron chi connectivity index (χ3n) is 2.96. The number of hydrogen-bond donors (Lipinski definition) is 1. The average molecular weight is 271 g/mol. The minimum Gasteiger partial charge on any atom is -0.490 e. The molecule has 96 valence electrons. The largest absolute Gasteiger partial charge is 0.490 e. The zero-order valence-corrected chi connectivity index (χ0v) is 11.1. The molecule has 0 fully saturated rings. The van der Waals surface area contributed by atoms with Gasteiger partial charge >= 0.3 is 0 Å². The van der Waals surface area contributed by atoms with Crippen molar-refractivity contribution in [2.75, 3.05) is 13.2 Å². The van der Waals surface area contributed by atoms with Crippen LogP contribution in [0.3, 0.4) is 0 Å². The smallest absolute Gasteiger partial charge is 0.251 e. The van der Waals surface area contributed by atoms with Crippen molar-refractivity contribution in [1.29, 1.82) is 0 Å². The molecular formula is C15H13NO2S. The van der Waals surface area contributed by atoms with Gasteiger partial charge in [0.2, 0.25) is 0 Å². The molecule has 4 heteroatoms. The summed E-state index contributed by atoms with van der Waals surface area (Å²) in [7, 11) is 0.